The molecule has 24 heavy (non-hydrogen) atoms. The van der Waals surface area contributed by atoms with Crippen molar-refractivity contribution in [2.75, 3.05) is 32.8 Å². The van der Waals surface area contributed by atoms with E-state index in [1.54, 1.807) is 0 Å². The van der Waals surface area contributed by atoms with Crippen molar-refractivity contribution in [1.82, 2.24) is 4.90 Å². The van der Waals surface area contributed by atoms with E-state index in [0.717, 1.165) is 38.2 Å². The molecule has 0 unspecified atom stereocenters. The van der Waals surface area contributed by atoms with Crippen molar-refractivity contribution in [2.45, 2.75) is 51.9 Å². The van der Waals surface area contributed by atoms with Gasteiger partial charge >= 0.3 is 5.97 Å². The fraction of sp³-hybridized carbons (Fsp3) is 0.650. The van der Waals surface area contributed by atoms with Crippen molar-refractivity contribution >= 4 is 5.97 Å². The first-order chi connectivity index (χ1) is 11.8. The highest BCUT2D eigenvalue weighted by Gasteiger charge is 2.09. The molecule has 1 heterocycles. The zero-order chi connectivity index (χ0) is 17.0. The van der Waals surface area contributed by atoms with Gasteiger partial charge in [0, 0.05) is 13.0 Å². The molecule has 0 atom stereocenters. The van der Waals surface area contributed by atoms with Crippen LogP contribution in [-0.2, 0) is 16.0 Å². The lowest BCUT2D eigenvalue weighted by atomic mass is 10.1. The van der Waals surface area contributed by atoms with Gasteiger partial charge in [0.15, 0.2) is 0 Å². The summed E-state index contributed by atoms with van der Waals surface area (Å²) in [6, 6.07) is 8.36. The van der Waals surface area contributed by atoms with Crippen molar-refractivity contribution in [2.24, 2.45) is 0 Å². The standard InChI is InChI=1S/C20H31NO3/c1-2-23-20(22)9-5-4-8-18-10-12-19(13-11-18)24-17-16-21-14-6-3-7-15-21/h10-13H,2-9,14-17H2,1H3. The lowest BCUT2D eigenvalue weighted by molar-refractivity contribution is -0.143. The van der Waals surface area contributed by atoms with E-state index in [-0.39, 0.29) is 5.97 Å². The highest BCUT2D eigenvalue weighted by atomic mass is 16.5. The molecular weight excluding hydrogens is 302 g/mol. The number of nitrogens with zero attached hydrogens (tertiary/aromatic N) is 1. The number of ether oxygens (including phenoxy) is 2. The minimum Gasteiger partial charge on any atom is -0.492 e. The highest BCUT2D eigenvalue weighted by Crippen LogP contribution is 2.15. The maximum atomic E-state index is 11.3. The van der Waals surface area contributed by atoms with Gasteiger partial charge in [-0.15, -0.1) is 0 Å². The number of rotatable bonds is 10. The monoisotopic (exact) mass is 333 g/mol. The maximum absolute atomic E-state index is 11.3. The van der Waals surface area contributed by atoms with Gasteiger partial charge in [-0.2, -0.15) is 0 Å². The van der Waals surface area contributed by atoms with Gasteiger partial charge in [0.2, 0.25) is 0 Å². The predicted molar refractivity (Wildman–Crippen MR) is 96.4 cm³/mol. The first kappa shape index (κ1) is 18.8. The van der Waals surface area contributed by atoms with E-state index in [9.17, 15) is 4.79 Å². The average Bonchev–Trinajstić information content (AvgIpc) is 2.61. The van der Waals surface area contributed by atoms with Gasteiger partial charge in [-0.05, 0) is 69.8 Å². The molecule has 1 aromatic carbocycles. The van der Waals surface area contributed by atoms with Crippen LogP contribution < -0.4 is 4.74 Å². The Morgan fingerprint density at radius 2 is 1.83 bits per heavy atom. The van der Waals surface area contributed by atoms with E-state index >= 15 is 0 Å². The van der Waals surface area contributed by atoms with Crippen molar-refractivity contribution < 1.29 is 14.3 Å². The zero-order valence-electron chi connectivity index (χ0n) is 15.0. The number of esters is 1. The Hall–Kier alpha value is -1.55. The molecule has 0 spiro atoms. The Morgan fingerprint density at radius 3 is 2.54 bits per heavy atom. The van der Waals surface area contributed by atoms with Crippen LogP contribution in [0.25, 0.3) is 0 Å². The fourth-order valence-corrected chi connectivity index (χ4v) is 3.06. The van der Waals surface area contributed by atoms with Crippen LogP contribution in [0.3, 0.4) is 0 Å². The maximum Gasteiger partial charge on any atom is 0.305 e. The van der Waals surface area contributed by atoms with E-state index in [1.807, 2.05) is 6.92 Å². The van der Waals surface area contributed by atoms with Gasteiger partial charge in [-0.3, -0.25) is 9.69 Å². The predicted octanol–water partition coefficient (Wildman–Crippen LogP) is 3.83. The number of aryl methyl sites for hydroxylation is 1. The molecule has 0 radical (unpaired) electrons. The topological polar surface area (TPSA) is 38.8 Å². The number of hydrogen-bond donors (Lipinski definition) is 0. The van der Waals surface area contributed by atoms with Gasteiger partial charge < -0.3 is 9.47 Å². The summed E-state index contributed by atoms with van der Waals surface area (Å²) in [5.74, 6) is 0.859. The van der Waals surface area contributed by atoms with Crippen LogP contribution in [0.1, 0.15) is 51.0 Å². The van der Waals surface area contributed by atoms with Crippen molar-refractivity contribution in [3.05, 3.63) is 29.8 Å². The number of carbonyl (C=O) groups excluding carboxylic acids is 1. The summed E-state index contributed by atoms with van der Waals surface area (Å²) in [4.78, 5) is 13.8. The summed E-state index contributed by atoms with van der Waals surface area (Å²) in [5, 5.41) is 0. The van der Waals surface area contributed by atoms with Gasteiger partial charge in [-0.1, -0.05) is 18.6 Å². The van der Waals surface area contributed by atoms with E-state index in [2.05, 4.69) is 29.2 Å². The summed E-state index contributed by atoms with van der Waals surface area (Å²) in [7, 11) is 0. The Bertz CT molecular complexity index is 466. The second-order valence-corrected chi connectivity index (χ2v) is 6.41. The summed E-state index contributed by atoms with van der Waals surface area (Å²) in [6.07, 6.45) is 7.42. The number of piperidine rings is 1. The molecule has 1 fully saturated rings. The minimum absolute atomic E-state index is 0.0880. The third-order valence-corrected chi connectivity index (χ3v) is 4.45. The molecule has 0 amide bonds. The molecule has 0 saturated carbocycles. The van der Waals surface area contributed by atoms with E-state index in [1.165, 1.54) is 37.9 Å². The Labute approximate surface area is 146 Å². The molecule has 1 aliphatic rings. The first-order valence-corrected chi connectivity index (χ1v) is 9.37. The second-order valence-electron chi connectivity index (χ2n) is 6.41. The minimum atomic E-state index is -0.0880. The summed E-state index contributed by atoms with van der Waals surface area (Å²) >= 11 is 0. The van der Waals surface area contributed by atoms with Crippen molar-refractivity contribution in [3.8, 4) is 5.75 Å². The normalized spacial score (nSPS) is 15.2. The van der Waals surface area contributed by atoms with E-state index in [0.29, 0.717) is 13.0 Å². The molecule has 4 heteroatoms. The fourth-order valence-electron chi connectivity index (χ4n) is 3.06. The highest BCUT2D eigenvalue weighted by molar-refractivity contribution is 5.69. The Kier molecular flexibility index (Phi) is 8.67. The number of hydrogen-bond acceptors (Lipinski definition) is 4. The van der Waals surface area contributed by atoms with Crippen LogP contribution in [0, 0.1) is 0 Å². The molecule has 1 aromatic rings. The largest absolute Gasteiger partial charge is 0.492 e. The molecule has 1 saturated heterocycles. The molecule has 1 aliphatic heterocycles. The van der Waals surface area contributed by atoms with Crippen molar-refractivity contribution in [1.29, 1.82) is 0 Å². The lowest BCUT2D eigenvalue weighted by Crippen LogP contribution is -2.33. The van der Waals surface area contributed by atoms with Crippen LogP contribution in [0.5, 0.6) is 5.75 Å². The molecular formula is C20H31NO3. The molecule has 2 rings (SSSR count). The van der Waals surface area contributed by atoms with E-state index < -0.39 is 0 Å². The SMILES string of the molecule is CCOC(=O)CCCCc1ccc(OCCN2CCCCC2)cc1. The smallest absolute Gasteiger partial charge is 0.305 e. The zero-order valence-corrected chi connectivity index (χ0v) is 15.0. The quantitative estimate of drug-likeness (QED) is 0.482. The van der Waals surface area contributed by atoms with Gasteiger partial charge in [0.25, 0.3) is 0 Å². The third-order valence-electron chi connectivity index (χ3n) is 4.45. The number of benzene rings is 1. The summed E-state index contributed by atoms with van der Waals surface area (Å²) in [6.45, 7) is 6.53. The molecule has 0 bridgehead atoms. The molecule has 4 nitrogen and oxygen atoms in total. The average molecular weight is 333 g/mol. The number of carbonyl (C=O) groups is 1. The molecule has 0 aromatic heterocycles. The lowest BCUT2D eigenvalue weighted by Gasteiger charge is -2.26. The number of unbranched alkanes of at least 4 members (excludes halogenated alkanes) is 1. The van der Waals surface area contributed by atoms with Crippen molar-refractivity contribution in [3.63, 3.8) is 0 Å². The third kappa shape index (κ3) is 7.35. The Balaban J connectivity index is 1.59. The molecule has 0 aliphatic carbocycles. The van der Waals surface area contributed by atoms with Crippen LogP contribution in [-0.4, -0.2) is 43.7 Å². The Morgan fingerprint density at radius 1 is 1.08 bits per heavy atom. The second kappa shape index (κ2) is 11.1. The first-order valence-electron chi connectivity index (χ1n) is 9.37. The number of likely N-dealkylation sites (tertiary alicyclic amines) is 1. The van der Waals surface area contributed by atoms with Crippen LogP contribution in [0.15, 0.2) is 24.3 Å². The van der Waals surface area contributed by atoms with Crippen LogP contribution >= 0.6 is 0 Å². The van der Waals surface area contributed by atoms with Gasteiger partial charge in [0.05, 0.1) is 6.61 Å². The van der Waals surface area contributed by atoms with E-state index in [4.69, 9.17) is 9.47 Å². The molecule has 134 valence electrons. The van der Waals surface area contributed by atoms with Gasteiger partial charge in [0.1, 0.15) is 12.4 Å². The van der Waals surface area contributed by atoms with Gasteiger partial charge in [-0.25, -0.2) is 0 Å². The van der Waals surface area contributed by atoms with Crippen LogP contribution in [0.2, 0.25) is 0 Å². The summed E-state index contributed by atoms with van der Waals surface area (Å²) < 4.78 is 10.8. The van der Waals surface area contributed by atoms with Crippen LogP contribution in [0.4, 0.5) is 0 Å². The summed E-state index contributed by atoms with van der Waals surface area (Å²) in [5.41, 5.74) is 1.29. The molecule has 0 N–H and O–H groups in total.